The molecule has 1 aliphatic rings. The van der Waals surface area contributed by atoms with Crippen LogP contribution in [-0.4, -0.2) is 62.1 Å². The van der Waals surface area contributed by atoms with Crippen LogP contribution in [0.3, 0.4) is 0 Å². The van der Waals surface area contributed by atoms with Gasteiger partial charge in [0.05, 0.1) is 14.2 Å². The van der Waals surface area contributed by atoms with Crippen molar-refractivity contribution < 1.29 is 14.3 Å². The molecule has 0 radical (unpaired) electrons. The third-order valence-corrected chi connectivity index (χ3v) is 5.07. The summed E-state index contributed by atoms with van der Waals surface area (Å²) in [4.78, 5) is 17.2. The van der Waals surface area contributed by atoms with Gasteiger partial charge in [-0.1, -0.05) is 30.3 Å². The first-order chi connectivity index (χ1) is 13.6. The Hall–Kier alpha value is -2.73. The lowest BCUT2D eigenvalue weighted by molar-refractivity contribution is -0.133. The number of carbonyl (C=O) groups excluding carboxylic acids is 1. The fraction of sp³-hybridized carbons (Fsp3) is 0.409. The Kier molecular flexibility index (Phi) is 6.76. The molecule has 2 aromatic rings. The first-order valence-electron chi connectivity index (χ1n) is 9.64. The average molecular weight is 383 g/mol. The smallest absolute Gasteiger partial charge is 0.244 e. The lowest BCUT2D eigenvalue weighted by Gasteiger charge is -2.36. The van der Waals surface area contributed by atoms with Crippen LogP contribution < -0.4 is 14.8 Å². The van der Waals surface area contributed by atoms with Gasteiger partial charge in [0.1, 0.15) is 6.04 Å². The van der Waals surface area contributed by atoms with Gasteiger partial charge in [0.2, 0.25) is 5.91 Å². The van der Waals surface area contributed by atoms with Crippen molar-refractivity contribution in [1.29, 1.82) is 0 Å². The summed E-state index contributed by atoms with van der Waals surface area (Å²) < 4.78 is 10.6. The molecular formula is C22H29N3O3. The molecule has 6 nitrogen and oxygen atoms in total. The van der Waals surface area contributed by atoms with Crippen molar-refractivity contribution in [2.45, 2.75) is 19.5 Å². The number of benzene rings is 2. The maximum absolute atomic E-state index is 12.8. The first kappa shape index (κ1) is 20.0. The molecule has 28 heavy (non-hydrogen) atoms. The molecule has 3 rings (SSSR count). The zero-order valence-corrected chi connectivity index (χ0v) is 16.9. The number of anilines is 1. The van der Waals surface area contributed by atoms with Gasteiger partial charge in [-0.25, -0.2) is 0 Å². The van der Waals surface area contributed by atoms with Gasteiger partial charge in [0.25, 0.3) is 0 Å². The Labute approximate surface area is 167 Å². The van der Waals surface area contributed by atoms with Crippen LogP contribution >= 0.6 is 0 Å². The maximum atomic E-state index is 12.8. The van der Waals surface area contributed by atoms with E-state index >= 15 is 0 Å². The van der Waals surface area contributed by atoms with Crippen LogP contribution in [0.25, 0.3) is 0 Å². The number of methoxy groups -OCH3 is 2. The summed E-state index contributed by atoms with van der Waals surface area (Å²) in [6.45, 7) is 6.12. The van der Waals surface area contributed by atoms with Crippen molar-refractivity contribution in [2.75, 3.05) is 45.7 Å². The molecule has 0 saturated carbocycles. The molecule has 1 fully saturated rings. The van der Waals surface area contributed by atoms with E-state index in [1.54, 1.807) is 14.2 Å². The molecule has 1 aliphatic heterocycles. The first-order valence-corrected chi connectivity index (χ1v) is 9.64. The number of nitrogens with zero attached hydrogens (tertiary/aromatic N) is 2. The molecule has 0 aromatic heterocycles. The molecule has 1 atom stereocenters. The van der Waals surface area contributed by atoms with Gasteiger partial charge in [-0.2, -0.15) is 0 Å². The number of rotatable bonds is 7. The summed E-state index contributed by atoms with van der Waals surface area (Å²) in [6, 6.07) is 15.7. The number of ether oxygens (including phenoxy) is 2. The largest absolute Gasteiger partial charge is 0.493 e. The fourth-order valence-corrected chi connectivity index (χ4v) is 3.48. The molecular weight excluding hydrogens is 354 g/mol. The van der Waals surface area contributed by atoms with E-state index < -0.39 is 0 Å². The molecule has 150 valence electrons. The molecule has 1 N–H and O–H groups in total. The van der Waals surface area contributed by atoms with Crippen LogP contribution in [0.15, 0.2) is 48.5 Å². The van der Waals surface area contributed by atoms with Crippen LogP contribution in [0.1, 0.15) is 12.5 Å². The third kappa shape index (κ3) is 4.95. The summed E-state index contributed by atoms with van der Waals surface area (Å²) in [5.41, 5.74) is 2.15. The van der Waals surface area contributed by atoms with E-state index in [0.717, 1.165) is 38.4 Å². The van der Waals surface area contributed by atoms with E-state index in [9.17, 15) is 4.79 Å². The van der Waals surface area contributed by atoms with Gasteiger partial charge < -0.3 is 19.7 Å². The quantitative estimate of drug-likeness (QED) is 0.797. The second-order valence-electron chi connectivity index (χ2n) is 7.02. The van der Waals surface area contributed by atoms with Crippen molar-refractivity contribution in [1.82, 2.24) is 9.80 Å². The lowest BCUT2D eigenvalue weighted by Crippen LogP contribution is -2.51. The minimum Gasteiger partial charge on any atom is -0.493 e. The normalized spacial score (nSPS) is 15.8. The maximum Gasteiger partial charge on any atom is 0.244 e. The molecule has 0 unspecified atom stereocenters. The molecule has 2 aromatic carbocycles. The van der Waals surface area contributed by atoms with Gasteiger partial charge in [0, 0.05) is 44.5 Å². The van der Waals surface area contributed by atoms with Gasteiger partial charge in [0.15, 0.2) is 11.5 Å². The van der Waals surface area contributed by atoms with Crippen LogP contribution in [0.5, 0.6) is 11.5 Å². The minimum atomic E-state index is -0.307. The predicted octanol–water partition coefficient (Wildman–Crippen LogP) is 2.85. The van der Waals surface area contributed by atoms with Crippen LogP contribution in [0, 0.1) is 0 Å². The number of amides is 1. The Balaban J connectivity index is 1.52. The molecule has 0 aliphatic carbocycles. The van der Waals surface area contributed by atoms with Gasteiger partial charge >= 0.3 is 0 Å². The number of hydrogen-bond acceptors (Lipinski definition) is 5. The van der Waals surface area contributed by atoms with E-state index in [4.69, 9.17) is 9.47 Å². The van der Waals surface area contributed by atoms with Crippen molar-refractivity contribution in [3.8, 4) is 11.5 Å². The van der Waals surface area contributed by atoms with Gasteiger partial charge in [-0.15, -0.1) is 0 Å². The van der Waals surface area contributed by atoms with Crippen molar-refractivity contribution >= 4 is 11.6 Å². The molecule has 6 heteroatoms. The predicted molar refractivity (Wildman–Crippen MR) is 111 cm³/mol. The summed E-state index contributed by atoms with van der Waals surface area (Å²) in [7, 11) is 3.21. The molecule has 0 spiro atoms. The van der Waals surface area contributed by atoms with E-state index in [2.05, 4.69) is 34.5 Å². The summed E-state index contributed by atoms with van der Waals surface area (Å²) >= 11 is 0. The number of nitrogens with one attached hydrogen (secondary N) is 1. The van der Waals surface area contributed by atoms with E-state index in [1.165, 1.54) is 5.56 Å². The monoisotopic (exact) mass is 383 g/mol. The zero-order chi connectivity index (χ0) is 19.9. The van der Waals surface area contributed by atoms with E-state index in [0.29, 0.717) is 11.5 Å². The zero-order valence-electron chi connectivity index (χ0n) is 16.9. The van der Waals surface area contributed by atoms with Crippen LogP contribution in [-0.2, 0) is 11.3 Å². The Morgan fingerprint density at radius 2 is 1.68 bits per heavy atom. The van der Waals surface area contributed by atoms with Crippen molar-refractivity contribution in [3.05, 3.63) is 54.1 Å². The summed E-state index contributed by atoms with van der Waals surface area (Å²) in [5.74, 6) is 1.43. The van der Waals surface area contributed by atoms with E-state index in [1.807, 2.05) is 36.1 Å². The second kappa shape index (κ2) is 9.46. The summed E-state index contributed by atoms with van der Waals surface area (Å²) in [6.07, 6.45) is 0. The number of carbonyl (C=O) groups is 1. The number of hydrogen-bond donors (Lipinski definition) is 1. The minimum absolute atomic E-state index is 0.120. The molecule has 1 saturated heterocycles. The highest BCUT2D eigenvalue weighted by Gasteiger charge is 2.25. The topological polar surface area (TPSA) is 54.0 Å². The third-order valence-electron chi connectivity index (χ3n) is 5.07. The highest BCUT2D eigenvalue weighted by molar-refractivity contribution is 5.84. The van der Waals surface area contributed by atoms with Crippen molar-refractivity contribution in [3.63, 3.8) is 0 Å². The molecule has 0 bridgehead atoms. The van der Waals surface area contributed by atoms with Gasteiger partial charge in [-0.3, -0.25) is 9.69 Å². The second-order valence-corrected chi connectivity index (χ2v) is 7.02. The Morgan fingerprint density at radius 3 is 2.32 bits per heavy atom. The average Bonchev–Trinajstić information content (AvgIpc) is 2.74. The molecule has 1 amide bonds. The highest BCUT2D eigenvalue weighted by Crippen LogP contribution is 2.30. The van der Waals surface area contributed by atoms with Crippen molar-refractivity contribution in [2.24, 2.45) is 0 Å². The van der Waals surface area contributed by atoms with Crippen LogP contribution in [0.2, 0.25) is 0 Å². The SMILES string of the molecule is COc1ccc(N[C@@H](C)C(=O)N2CCN(Cc3ccccc3)CC2)cc1OC. The fourth-order valence-electron chi connectivity index (χ4n) is 3.48. The Bertz CT molecular complexity index is 774. The lowest BCUT2D eigenvalue weighted by atomic mass is 10.2. The van der Waals surface area contributed by atoms with Crippen LogP contribution in [0.4, 0.5) is 5.69 Å². The van der Waals surface area contributed by atoms with Gasteiger partial charge in [-0.05, 0) is 24.6 Å². The highest BCUT2D eigenvalue weighted by atomic mass is 16.5. The summed E-state index contributed by atoms with van der Waals surface area (Å²) in [5, 5.41) is 3.28. The molecule has 1 heterocycles. The standard InChI is InChI=1S/C22H29N3O3/c1-17(23-19-9-10-20(27-2)21(15-19)28-3)22(26)25-13-11-24(12-14-25)16-18-7-5-4-6-8-18/h4-10,15,17,23H,11-14,16H2,1-3H3/t17-/m0/s1. The van der Waals surface area contributed by atoms with E-state index in [-0.39, 0.29) is 11.9 Å². The Morgan fingerprint density at radius 1 is 1.00 bits per heavy atom. The number of piperazine rings is 1.